The minimum Gasteiger partial charge on any atom is -0.370 e. The first-order valence-corrected chi connectivity index (χ1v) is 10.4. The maximum absolute atomic E-state index is 12.8. The summed E-state index contributed by atoms with van der Waals surface area (Å²) in [5.41, 5.74) is 9.39. The lowest BCUT2D eigenvalue weighted by molar-refractivity contribution is -0.140. The molecule has 1 aliphatic heterocycles. The third-order valence-corrected chi connectivity index (χ3v) is 5.64. The third kappa shape index (κ3) is 6.06. The first-order valence-electron chi connectivity index (χ1n) is 9.41. The van der Waals surface area contributed by atoms with Gasteiger partial charge in [0.2, 0.25) is 5.91 Å². The number of amides is 1. The molecule has 1 aliphatic rings. The van der Waals surface area contributed by atoms with E-state index in [0.29, 0.717) is 26.1 Å². The van der Waals surface area contributed by atoms with E-state index in [1.807, 2.05) is 45.3 Å². The molecule has 6 nitrogen and oxygen atoms in total. The van der Waals surface area contributed by atoms with Crippen molar-refractivity contribution in [3.8, 4) is 0 Å². The Morgan fingerprint density at radius 2 is 2.07 bits per heavy atom. The second-order valence-electron chi connectivity index (χ2n) is 7.03. The van der Waals surface area contributed by atoms with Gasteiger partial charge in [-0.1, -0.05) is 30.3 Å². The third-order valence-electron chi connectivity index (χ3n) is 4.93. The van der Waals surface area contributed by atoms with Gasteiger partial charge in [0, 0.05) is 25.7 Å². The topological polar surface area (TPSA) is 73.4 Å². The molecule has 0 saturated carbocycles. The molecule has 1 aromatic carbocycles. The highest BCUT2D eigenvalue weighted by atomic mass is 35.5. The van der Waals surface area contributed by atoms with Crippen molar-refractivity contribution in [3.63, 3.8) is 0 Å². The number of ether oxygens (including phenoxy) is 1. The summed E-state index contributed by atoms with van der Waals surface area (Å²) >= 11 is 1.63. The van der Waals surface area contributed by atoms with Crippen molar-refractivity contribution in [1.82, 2.24) is 14.5 Å². The fourth-order valence-electron chi connectivity index (χ4n) is 3.45. The van der Waals surface area contributed by atoms with E-state index in [0.717, 1.165) is 17.8 Å². The van der Waals surface area contributed by atoms with Crippen molar-refractivity contribution in [1.29, 1.82) is 0 Å². The molecule has 2 aromatic heterocycles. The van der Waals surface area contributed by atoms with E-state index < -0.39 is 6.04 Å². The Morgan fingerprint density at radius 3 is 2.80 bits per heavy atom. The molecule has 9 heteroatoms. The van der Waals surface area contributed by atoms with E-state index >= 15 is 0 Å². The number of nitrogens with zero attached hydrogens (tertiary/aromatic N) is 3. The number of hydrogen-bond donors (Lipinski definition) is 1. The van der Waals surface area contributed by atoms with E-state index in [1.165, 1.54) is 5.56 Å². The van der Waals surface area contributed by atoms with Crippen LogP contribution in [-0.2, 0) is 22.5 Å². The molecule has 4 rings (SSSR count). The molecule has 1 amide bonds. The van der Waals surface area contributed by atoms with Gasteiger partial charge >= 0.3 is 0 Å². The van der Waals surface area contributed by atoms with Gasteiger partial charge in [-0.05, 0) is 28.0 Å². The number of carbonyl (C=O) groups is 1. The van der Waals surface area contributed by atoms with E-state index in [2.05, 4.69) is 22.5 Å². The van der Waals surface area contributed by atoms with Crippen LogP contribution in [0.1, 0.15) is 22.9 Å². The molecule has 1 saturated heterocycles. The Balaban J connectivity index is 0.00000160. The van der Waals surface area contributed by atoms with Gasteiger partial charge in [-0.25, -0.2) is 4.98 Å². The van der Waals surface area contributed by atoms with Gasteiger partial charge in [0.1, 0.15) is 6.10 Å². The van der Waals surface area contributed by atoms with Gasteiger partial charge in [-0.15, -0.1) is 24.8 Å². The van der Waals surface area contributed by atoms with Crippen LogP contribution in [-0.4, -0.2) is 46.1 Å². The molecule has 0 spiro atoms. The van der Waals surface area contributed by atoms with Gasteiger partial charge in [-0.2, -0.15) is 11.3 Å². The van der Waals surface area contributed by atoms with Crippen LogP contribution in [0.4, 0.5) is 0 Å². The molecule has 162 valence electrons. The lowest BCUT2D eigenvalue weighted by Crippen LogP contribution is -2.50. The van der Waals surface area contributed by atoms with Gasteiger partial charge < -0.3 is 19.9 Å². The Kier molecular flexibility index (Phi) is 9.33. The predicted molar refractivity (Wildman–Crippen MR) is 124 cm³/mol. The summed E-state index contributed by atoms with van der Waals surface area (Å²) in [6.45, 7) is 2.41. The maximum atomic E-state index is 12.8. The maximum Gasteiger partial charge on any atom is 0.240 e. The van der Waals surface area contributed by atoms with E-state index in [9.17, 15) is 4.79 Å². The summed E-state index contributed by atoms with van der Waals surface area (Å²) in [6.07, 6.45) is 4.12. The Bertz CT molecular complexity index is 905. The molecule has 0 aliphatic carbocycles. The molecule has 3 aromatic rings. The standard InChI is InChI=1S/C21H24N4O2S.2ClH/c22-19(10-18-12-24(15-23-18)11-16-4-2-1-3-5-16)21(26)25-7-8-27-20(13-25)17-6-9-28-14-17;;/h1-6,9,12,14-15,19-20H,7-8,10-11,13,22H2;2*1H/t19-,20?;;/m0../s1. The summed E-state index contributed by atoms with van der Waals surface area (Å²) in [5, 5.41) is 4.09. The molecule has 1 fully saturated rings. The number of imidazole rings is 1. The predicted octanol–water partition coefficient (Wildman–Crippen LogP) is 3.31. The molecular weight excluding hydrogens is 443 g/mol. The van der Waals surface area contributed by atoms with Crippen LogP contribution in [0.15, 0.2) is 59.7 Å². The Labute approximate surface area is 192 Å². The zero-order chi connectivity index (χ0) is 19.3. The lowest BCUT2D eigenvalue weighted by Gasteiger charge is -2.34. The average molecular weight is 469 g/mol. The summed E-state index contributed by atoms with van der Waals surface area (Å²) in [5.74, 6) is -0.0406. The number of rotatable bonds is 6. The number of carbonyl (C=O) groups excluding carboxylic acids is 1. The quantitative estimate of drug-likeness (QED) is 0.601. The smallest absolute Gasteiger partial charge is 0.240 e. The zero-order valence-electron chi connectivity index (χ0n) is 16.4. The molecule has 1 unspecified atom stereocenters. The summed E-state index contributed by atoms with van der Waals surface area (Å²) in [4.78, 5) is 19.1. The van der Waals surface area contributed by atoms with Gasteiger partial charge in [0.15, 0.2) is 0 Å². The number of morpholine rings is 1. The van der Waals surface area contributed by atoms with Crippen LogP contribution in [0.2, 0.25) is 0 Å². The molecule has 30 heavy (non-hydrogen) atoms. The van der Waals surface area contributed by atoms with Gasteiger partial charge in [0.25, 0.3) is 0 Å². The normalized spacial score (nSPS) is 17.0. The minimum absolute atomic E-state index is 0. The monoisotopic (exact) mass is 468 g/mol. The molecule has 2 atom stereocenters. The number of halogens is 2. The van der Waals surface area contributed by atoms with Crippen LogP contribution in [0.5, 0.6) is 0 Å². The van der Waals surface area contributed by atoms with E-state index in [1.54, 1.807) is 17.7 Å². The van der Waals surface area contributed by atoms with Crippen LogP contribution in [0.3, 0.4) is 0 Å². The van der Waals surface area contributed by atoms with Crippen LogP contribution in [0.25, 0.3) is 0 Å². The number of nitrogens with two attached hydrogens (primary N) is 1. The largest absolute Gasteiger partial charge is 0.370 e. The SMILES string of the molecule is Cl.Cl.N[C@@H](Cc1cn(Cc2ccccc2)cn1)C(=O)N1CCOC(c2ccsc2)C1. The summed E-state index contributed by atoms with van der Waals surface area (Å²) in [6, 6.07) is 11.7. The highest BCUT2D eigenvalue weighted by molar-refractivity contribution is 7.07. The van der Waals surface area contributed by atoms with Crippen molar-refractivity contribution < 1.29 is 9.53 Å². The second-order valence-corrected chi connectivity index (χ2v) is 7.81. The Hall–Kier alpha value is -1.90. The number of thiophene rings is 1. The van der Waals surface area contributed by atoms with Crippen molar-refractivity contribution in [3.05, 3.63) is 76.5 Å². The fraction of sp³-hybridized carbons (Fsp3) is 0.333. The van der Waals surface area contributed by atoms with Crippen molar-refractivity contribution >= 4 is 42.1 Å². The highest BCUT2D eigenvalue weighted by Gasteiger charge is 2.29. The lowest BCUT2D eigenvalue weighted by atomic mass is 10.1. The van der Waals surface area contributed by atoms with Crippen LogP contribution < -0.4 is 5.73 Å². The van der Waals surface area contributed by atoms with Crippen molar-refractivity contribution in [2.24, 2.45) is 5.73 Å². The highest BCUT2D eigenvalue weighted by Crippen LogP contribution is 2.24. The molecular formula is C21H26Cl2N4O2S. The minimum atomic E-state index is -0.596. The van der Waals surface area contributed by atoms with Gasteiger partial charge in [0.05, 0.1) is 31.2 Å². The number of benzene rings is 1. The summed E-state index contributed by atoms with van der Waals surface area (Å²) in [7, 11) is 0. The van der Waals surface area contributed by atoms with Gasteiger partial charge in [-0.3, -0.25) is 4.79 Å². The number of aromatic nitrogens is 2. The first-order chi connectivity index (χ1) is 13.7. The Morgan fingerprint density at radius 1 is 1.27 bits per heavy atom. The molecule has 0 radical (unpaired) electrons. The van der Waals surface area contributed by atoms with Crippen molar-refractivity contribution in [2.75, 3.05) is 19.7 Å². The number of hydrogen-bond acceptors (Lipinski definition) is 5. The van der Waals surface area contributed by atoms with Crippen molar-refractivity contribution in [2.45, 2.75) is 25.1 Å². The van der Waals surface area contributed by atoms with Crippen LogP contribution in [0, 0.1) is 0 Å². The average Bonchev–Trinajstić information content (AvgIpc) is 3.41. The summed E-state index contributed by atoms with van der Waals surface area (Å²) < 4.78 is 7.83. The van der Waals surface area contributed by atoms with E-state index in [4.69, 9.17) is 10.5 Å². The first kappa shape index (κ1) is 24.4. The zero-order valence-corrected chi connectivity index (χ0v) is 18.9. The second kappa shape index (κ2) is 11.5. The molecule has 0 bridgehead atoms. The fourth-order valence-corrected chi connectivity index (χ4v) is 4.15. The molecule has 3 heterocycles. The van der Waals surface area contributed by atoms with E-state index in [-0.39, 0.29) is 36.8 Å². The van der Waals surface area contributed by atoms with Crippen LogP contribution >= 0.6 is 36.2 Å². The molecule has 2 N–H and O–H groups in total.